The lowest BCUT2D eigenvalue weighted by molar-refractivity contribution is 0.0549. The van der Waals surface area contributed by atoms with Crippen molar-refractivity contribution in [1.82, 2.24) is 14.5 Å². The summed E-state index contributed by atoms with van der Waals surface area (Å²) in [6, 6.07) is 7.22. The van der Waals surface area contributed by atoms with Crippen molar-refractivity contribution in [2.24, 2.45) is 0 Å². The van der Waals surface area contributed by atoms with Crippen LogP contribution in [-0.2, 0) is 4.74 Å². The average molecular weight is 323 g/mol. The monoisotopic (exact) mass is 323 g/mol. The summed E-state index contributed by atoms with van der Waals surface area (Å²) < 4.78 is 6.85. The molecule has 3 aromatic heterocycles. The summed E-state index contributed by atoms with van der Waals surface area (Å²) >= 11 is 0. The number of hydrogen-bond donors (Lipinski definition) is 1. The zero-order valence-electron chi connectivity index (χ0n) is 13.9. The maximum atomic E-state index is 12.6. The highest BCUT2D eigenvalue weighted by atomic mass is 16.6. The maximum Gasteiger partial charge on any atom is 0.418 e. The lowest BCUT2D eigenvalue weighted by atomic mass is 9.96. The maximum absolute atomic E-state index is 12.6. The van der Waals surface area contributed by atoms with E-state index < -0.39 is 11.7 Å². The summed E-state index contributed by atoms with van der Waals surface area (Å²) in [5, 5.41) is 10.4. The summed E-state index contributed by atoms with van der Waals surface area (Å²) in [5.41, 5.74) is 2.02. The molecule has 3 rings (SSSR count). The number of aromatic nitrogens is 3. The van der Waals surface area contributed by atoms with Crippen LogP contribution in [0.2, 0.25) is 0 Å². The molecule has 0 spiro atoms. The normalized spacial score (nSPS) is 11.5. The molecule has 122 valence electrons. The van der Waals surface area contributed by atoms with E-state index >= 15 is 0 Å². The van der Waals surface area contributed by atoms with E-state index in [1.807, 2.05) is 12.1 Å². The van der Waals surface area contributed by atoms with Gasteiger partial charge >= 0.3 is 13.6 Å². The van der Waals surface area contributed by atoms with Crippen molar-refractivity contribution in [3.05, 3.63) is 42.9 Å². The Hall–Kier alpha value is -2.67. The van der Waals surface area contributed by atoms with E-state index in [2.05, 4.69) is 9.97 Å². The molecule has 3 aromatic rings. The first-order valence-corrected chi connectivity index (χ1v) is 7.64. The second kappa shape index (κ2) is 6.09. The van der Waals surface area contributed by atoms with E-state index in [1.54, 1.807) is 51.5 Å². The standard InChI is InChI=1S/C17H18BN3O3/c1-17(2,3)24-16(22)21-13-6-8-20-15(11-5-4-7-19-10-11)12(13)9-14(21)18-23/h4-10,18,23H,1-3H3. The zero-order chi connectivity index (χ0) is 17.3. The van der Waals surface area contributed by atoms with Gasteiger partial charge in [-0.2, -0.15) is 0 Å². The predicted octanol–water partition coefficient (Wildman–Crippen LogP) is 1.85. The minimum absolute atomic E-state index is 0.277. The molecule has 7 heteroatoms. The van der Waals surface area contributed by atoms with Crippen molar-refractivity contribution in [1.29, 1.82) is 0 Å². The van der Waals surface area contributed by atoms with Crippen molar-refractivity contribution in [3.63, 3.8) is 0 Å². The second-order valence-corrected chi connectivity index (χ2v) is 6.44. The fourth-order valence-corrected chi connectivity index (χ4v) is 2.56. The molecule has 6 nitrogen and oxygen atoms in total. The Balaban J connectivity index is 2.19. The fourth-order valence-electron chi connectivity index (χ4n) is 2.56. The van der Waals surface area contributed by atoms with Gasteiger partial charge in [-0.25, -0.2) is 4.79 Å². The van der Waals surface area contributed by atoms with E-state index in [0.717, 1.165) is 10.9 Å². The lowest BCUT2D eigenvalue weighted by Gasteiger charge is -2.20. The van der Waals surface area contributed by atoms with E-state index in [9.17, 15) is 9.82 Å². The van der Waals surface area contributed by atoms with Gasteiger partial charge in [-0.3, -0.25) is 14.5 Å². The SMILES string of the molecule is CC(C)(C)OC(=O)n1c(BO)cc2c(-c3cccnc3)nccc21. The first-order chi connectivity index (χ1) is 11.4. The van der Waals surface area contributed by atoms with E-state index in [4.69, 9.17) is 4.74 Å². The van der Waals surface area contributed by atoms with Crippen LogP contribution < -0.4 is 5.59 Å². The molecule has 3 heterocycles. The number of carbonyl (C=O) groups excluding carboxylic acids is 1. The quantitative estimate of drug-likeness (QED) is 0.728. The Morgan fingerprint density at radius 2 is 2.08 bits per heavy atom. The molecule has 0 aliphatic carbocycles. The van der Waals surface area contributed by atoms with Gasteiger partial charge in [0.25, 0.3) is 0 Å². The highest BCUT2D eigenvalue weighted by Gasteiger charge is 2.23. The van der Waals surface area contributed by atoms with E-state index in [0.29, 0.717) is 16.8 Å². The molecule has 0 fully saturated rings. The van der Waals surface area contributed by atoms with Gasteiger partial charge in [0.15, 0.2) is 0 Å². The van der Waals surface area contributed by atoms with Crippen LogP contribution in [0.15, 0.2) is 42.9 Å². The molecule has 0 atom stereocenters. The van der Waals surface area contributed by atoms with Crippen molar-refractivity contribution in [3.8, 4) is 11.3 Å². The van der Waals surface area contributed by atoms with Gasteiger partial charge in [-0.15, -0.1) is 0 Å². The third kappa shape index (κ3) is 3.03. The fraction of sp³-hybridized carbons (Fsp3) is 0.235. The van der Waals surface area contributed by atoms with E-state index in [-0.39, 0.29) is 7.48 Å². The average Bonchev–Trinajstić information content (AvgIpc) is 2.92. The van der Waals surface area contributed by atoms with Crippen molar-refractivity contribution < 1.29 is 14.6 Å². The van der Waals surface area contributed by atoms with Crippen LogP contribution in [0.1, 0.15) is 20.8 Å². The number of fused-ring (bicyclic) bond motifs is 1. The largest absolute Gasteiger partial charge is 0.448 e. The summed E-state index contributed by atoms with van der Waals surface area (Å²) in [5.74, 6) is 0. The van der Waals surface area contributed by atoms with E-state index in [1.165, 1.54) is 4.57 Å². The van der Waals surface area contributed by atoms with Gasteiger partial charge in [-0.1, -0.05) is 0 Å². The van der Waals surface area contributed by atoms with Gasteiger partial charge in [0.1, 0.15) is 5.60 Å². The molecule has 0 saturated carbocycles. The Bertz CT molecular complexity index is 885. The molecule has 0 radical (unpaired) electrons. The Labute approximate surface area is 140 Å². The van der Waals surface area contributed by atoms with Crippen LogP contribution in [0.3, 0.4) is 0 Å². The highest BCUT2D eigenvalue weighted by molar-refractivity contribution is 6.46. The molecule has 0 bridgehead atoms. The van der Waals surface area contributed by atoms with Gasteiger partial charge in [-0.05, 0) is 45.0 Å². The van der Waals surface area contributed by atoms with Gasteiger partial charge < -0.3 is 9.76 Å². The Morgan fingerprint density at radius 1 is 1.29 bits per heavy atom. The highest BCUT2D eigenvalue weighted by Crippen LogP contribution is 2.26. The molecule has 0 aromatic carbocycles. The third-order valence-electron chi connectivity index (χ3n) is 3.48. The van der Waals surface area contributed by atoms with Crippen LogP contribution >= 0.6 is 0 Å². The van der Waals surface area contributed by atoms with Crippen molar-refractivity contribution >= 4 is 30.1 Å². The topological polar surface area (TPSA) is 77.2 Å². The molecule has 0 saturated heterocycles. The first-order valence-electron chi connectivity index (χ1n) is 7.64. The molecule has 0 aliphatic heterocycles. The number of pyridine rings is 2. The Kier molecular flexibility index (Phi) is 4.11. The lowest BCUT2D eigenvalue weighted by Crippen LogP contribution is -2.34. The molecule has 0 unspecified atom stereocenters. The molecular weight excluding hydrogens is 305 g/mol. The molecule has 0 aliphatic rings. The molecule has 24 heavy (non-hydrogen) atoms. The van der Waals surface area contributed by atoms with Crippen LogP contribution in [0.5, 0.6) is 0 Å². The van der Waals surface area contributed by atoms with Gasteiger partial charge in [0, 0.05) is 35.1 Å². The van der Waals surface area contributed by atoms with Gasteiger partial charge in [0.05, 0.1) is 11.2 Å². The predicted molar refractivity (Wildman–Crippen MR) is 93.6 cm³/mol. The number of hydrogen-bond acceptors (Lipinski definition) is 5. The summed E-state index contributed by atoms with van der Waals surface area (Å²) in [4.78, 5) is 21.1. The van der Waals surface area contributed by atoms with Gasteiger partial charge in [0.2, 0.25) is 0 Å². The number of carbonyl (C=O) groups is 1. The molecule has 1 N–H and O–H groups in total. The third-order valence-corrected chi connectivity index (χ3v) is 3.48. The number of nitrogens with zero attached hydrogens (tertiary/aromatic N) is 3. The van der Waals surface area contributed by atoms with Crippen LogP contribution in [0.25, 0.3) is 22.2 Å². The van der Waals surface area contributed by atoms with Crippen LogP contribution in [-0.4, -0.2) is 38.7 Å². The van der Waals surface area contributed by atoms with Crippen molar-refractivity contribution in [2.75, 3.05) is 0 Å². The minimum Gasteiger partial charge on any atom is -0.448 e. The number of ether oxygens (including phenoxy) is 1. The number of rotatable bonds is 2. The Morgan fingerprint density at radius 3 is 2.71 bits per heavy atom. The zero-order valence-corrected chi connectivity index (χ0v) is 13.9. The van der Waals surface area contributed by atoms with Crippen molar-refractivity contribution in [2.45, 2.75) is 26.4 Å². The summed E-state index contributed by atoms with van der Waals surface area (Å²) in [6.45, 7) is 5.41. The van der Waals surface area contributed by atoms with Crippen LogP contribution in [0.4, 0.5) is 4.79 Å². The first kappa shape index (κ1) is 16.2. The minimum atomic E-state index is -0.625. The molecular formula is C17H18BN3O3. The summed E-state index contributed by atoms with van der Waals surface area (Å²) in [7, 11) is -0.277. The van der Waals surface area contributed by atoms with Crippen LogP contribution in [0, 0.1) is 0 Å². The smallest absolute Gasteiger partial charge is 0.418 e. The summed E-state index contributed by atoms with van der Waals surface area (Å²) in [6.07, 6.45) is 4.51. The second-order valence-electron chi connectivity index (χ2n) is 6.44. The molecule has 0 amide bonds.